The second-order valence-electron chi connectivity index (χ2n) is 12.3. The van der Waals surface area contributed by atoms with Gasteiger partial charge in [0.2, 0.25) is 17.7 Å². The van der Waals surface area contributed by atoms with Crippen LogP contribution in [0.5, 0.6) is 0 Å². The van der Waals surface area contributed by atoms with Crippen molar-refractivity contribution >= 4 is 29.2 Å². The molecule has 3 aromatic rings. The van der Waals surface area contributed by atoms with Gasteiger partial charge in [0, 0.05) is 29.9 Å². The van der Waals surface area contributed by atoms with Crippen LogP contribution in [0.2, 0.25) is 0 Å². The van der Waals surface area contributed by atoms with Crippen LogP contribution in [0.4, 0.5) is 20.3 Å². The third-order valence-electron chi connectivity index (χ3n) is 9.39. The molecule has 2 unspecified atom stereocenters. The van der Waals surface area contributed by atoms with Crippen LogP contribution in [0.1, 0.15) is 48.6 Å². The number of fused-ring (bicyclic) bond motifs is 3. The first-order valence-corrected chi connectivity index (χ1v) is 14.2. The van der Waals surface area contributed by atoms with Crippen LogP contribution in [-0.4, -0.2) is 53.2 Å². The van der Waals surface area contributed by atoms with Crippen molar-refractivity contribution in [3.63, 3.8) is 0 Å². The molecule has 2 N–H and O–H groups in total. The molecule has 0 radical (unpaired) electrons. The molecule has 2 aromatic carbocycles. The van der Waals surface area contributed by atoms with Gasteiger partial charge in [0.15, 0.2) is 5.79 Å². The van der Waals surface area contributed by atoms with Gasteiger partial charge >= 0.3 is 0 Å². The van der Waals surface area contributed by atoms with Gasteiger partial charge in [0.05, 0.1) is 30.1 Å². The number of halogens is 2. The van der Waals surface area contributed by atoms with Crippen molar-refractivity contribution in [3.8, 4) is 0 Å². The van der Waals surface area contributed by atoms with E-state index in [1.54, 1.807) is 26.1 Å². The van der Waals surface area contributed by atoms with Crippen molar-refractivity contribution in [2.45, 2.75) is 50.4 Å². The molecule has 1 aliphatic carbocycles. The summed E-state index contributed by atoms with van der Waals surface area (Å²) in [5.74, 6) is -3.29. The van der Waals surface area contributed by atoms with Crippen LogP contribution < -0.4 is 10.6 Å². The predicted molar refractivity (Wildman–Crippen MR) is 151 cm³/mol. The Balaban J connectivity index is 1.14. The quantitative estimate of drug-likeness (QED) is 0.477. The second kappa shape index (κ2) is 9.65. The lowest BCUT2D eigenvalue weighted by atomic mass is 9.73. The van der Waals surface area contributed by atoms with E-state index in [4.69, 9.17) is 9.47 Å². The summed E-state index contributed by atoms with van der Waals surface area (Å²) in [5.41, 5.74) is 1.62. The average molecular weight is 589 g/mol. The van der Waals surface area contributed by atoms with E-state index in [1.807, 2.05) is 24.3 Å². The monoisotopic (exact) mass is 588 g/mol. The van der Waals surface area contributed by atoms with Gasteiger partial charge < -0.3 is 25.0 Å². The lowest BCUT2D eigenvalue weighted by Crippen LogP contribution is -2.63. The Morgan fingerprint density at radius 2 is 1.77 bits per heavy atom. The Morgan fingerprint density at radius 3 is 2.51 bits per heavy atom. The molecule has 3 aliphatic heterocycles. The number of carbonyl (C=O) groups excluding carboxylic acids is 3. The molecule has 0 saturated carbocycles. The Kier molecular flexibility index (Phi) is 6.19. The number of benzene rings is 2. The largest absolute Gasteiger partial charge is 0.346 e. The SMILES string of the molecule is CC1(C)C(=O)N(CC(=O)Nc2ccc3c(c2)CC2(C3)C(=O)Nc3ncccc32)C(c2cc(F)cc(F)c2)CC12OCCO2. The van der Waals surface area contributed by atoms with Gasteiger partial charge in [-0.3, -0.25) is 14.4 Å². The standard InChI is InChI=1S/C32H30F2N4O5/c1-30(2)29(41)38(25(16-32(30)42-8-9-43-32)19-10-21(33)13-22(34)11-19)17-26(39)36-23-6-5-18-14-31(15-20(18)12-23)24-4-3-7-35-27(24)37-28(31)40/h3-7,10-13,25H,8-9,14-17H2,1-2H3,(H,36,39)(H,35,37,40). The highest BCUT2D eigenvalue weighted by Gasteiger charge is 2.61. The van der Waals surface area contributed by atoms with Crippen molar-refractivity contribution in [2.24, 2.45) is 5.41 Å². The van der Waals surface area contributed by atoms with Crippen LogP contribution in [0, 0.1) is 17.0 Å². The smallest absolute Gasteiger partial charge is 0.244 e. The van der Waals surface area contributed by atoms with E-state index in [2.05, 4.69) is 15.6 Å². The van der Waals surface area contributed by atoms with E-state index >= 15 is 0 Å². The summed E-state index contributed by atoms with van der Waals surface area (Å²) in [4.78, 5) is 46.1. The summed E-state index contributed by atoms with van der Waals surface area (Å²) in [6.07, 6.45) is 2.73. The first kappa shape index (κ1) is 27.6. The lowest BCUT2D eigenvalue weighted by Gasteiger charge is -2.52. The Morgan fingerprint density at radius 1 is 1.05 bits per heavy atom. The minimum absolute atomic E-state index is 0.0953. The number of pyridine rings is 1. The average Bonchev–Trinajstić information content (AvgIpc) is 3.66. The molecule has 2 fully saturated rings. The highest BCUT2D eigenvalue weighted by molar-refractivity contribution is 6.06. The summed E-state index contributed by atoms with van der Waals surface area (Å²) in [5, 5.41) is 5.76. The fourth-order valence-electron chi connectivity index (χ4n) is 7.16. The summed E-state index contributed by atoms with van der Waals surface area (Å²) >= 11 is 0. The van der Waals surface area contributed by atoms with Crippen LogP contribution in [0.3, 0.4) is 0 Å². The zero-order valence-corrected chi connectivity index (χ0v) is 23.7. The number of ether oxygens (including phenoxy) is 2. The molecule has 9 nitrogen and oxygen atoms in total. The number of likely N-dealkylation sites (tertiary alicyclic amines) is 1. The molecule has 2 atom stereocenters. The Hall–Kier alpha value is -4.22. The number of amides is 3. The molecule has 43 heavy (non-hydrogen) atoms. The van der Waals surface area contributed by atoms with Gasteiger partial charge in [-0.25, -0.2) is 13.8 Å². The van der Waals surface area contributed by atoms with E-state index in [0.717, 1.165) is 34.9 Å². The van der Waals surface area contributed by atoms with Gasteiger partial charge in [-0.1, -0.05) is 12.1 Å². The first-order chi connectivity index (χ1) is 20.5. The number of anilines is 2. The van der Waals surface area contributed by atoms with Crippen molar-refractivity contribution in [2.75, 3.05) is 30.4 Å². The van der Waals surface area contributed by atoms with Crippen molar-refractivity contribution in [3.05, 3.63) is 88.6 Å². The topological polar surface area (TPSA) is 110 Å². The number of carbonyl (C=O) groups is 3. The van der Waals surface area contributed by atoms with Crippen LogP contribution in [0.15, 0.2) is 54.7 Å². The summed E-state index contributed by atoms with van der Waals surface area (Å²) in [6, 6.07) is 11.5. The molecule has 0 bridgehead atoms. The van der Waals surface area contributed by atoms with E-state index in [0.29, 0.717) is 24.3 Å². The zero-order chi connectivity index (χ0) is 30.1. The number of nitrogens with one attached hydrogen (secondary N) is 2. The predicted octanol–water partition coefficient (Wildman–Crippen LogP) is 4.03. The number of rotatable bonds is 4. The third-order valence-corrected chi connectivity index (χ3v) is 9.39. The third kappa shape index (κ3) is 4.24. The second-order valence-corrected chi connectivity index (χ2v) is 12.3. The van der Waals surface area contributed by atoms with E-state index in [1.165, 1.54) is 4.90 Å². The molecule has 11 heteroatoms. The summed E-state index contributed by atoms with van der Waals surface area (Å²) in [6.45, 7) is 3.59. The molecule has 2 saturated heterocycles. The van der Waals surface area contributed by atoms with Crippen molar-refractivity contribution in [1.82, 2.24) is 9.88 Å². The van der Waals surface area contributed by atoms with Gasteiger partial charge in [0.25, 0.3) is 0 Å². The molecule has 4 heterocycles. The normalized spacial score (nSPS) is 24.7. The van der Waals surface area contributed by atoms with E-state index in [-0.39, 0.29) is 37.6 Å². The minimum Gasteiger partial charge on any atom is -0.346 e. The number of hydrogen-bond acceptors (Lipinski definition) is 6. The summed E-state index contributed by atoms with van der Waals surface area (Å²) in [7, 11) is 0. The minimum atomic E-state index is -1.29. The molecule has 4 aliphatic rings. The summed E-state index contributed by atoms with van der Waals surface area (Å²) < 4.78 is 40.5. The molecular weight excluding hydrogens is 558 g/mol. The van der Waals surface area contributed by atoms with Crippen LogP contribution in [-0.2, 0) is 42.1 Å². The highest BCUT2D eigenvalue weighted by Crippen LogP contribution is 2.52. The Labute approximate surface area is 246 Å². The van der Waals surface area contributed by atoms with Crippen LogP contribution in [0.25, 0.3) is 0 Å². The fraction of sp³-hybridized carbons (Fsp3) is 0.375. The number of hydrogen-bond donors (Lipinski definition) is 2. The van der Waals surface area contributed by atoms with Gasteiger partial charge in [-0.2, -0.15) is 0 Å². The fourth-order valence-corrected chi connectivity index (χ4v) is 7.16. The highest BCUT2D eigenvalue weighted by atomic mass is 19.1. The molecular formula is C32H30F2N4O5. The molecule has 2 spiro atoms. The lowest BCUT2D eigenvalue weighted by molar-refractivity contribution is -0.255. The maximum absolute atomic E-state index is 14.3. The van der Waals surface area contributed by atoms with Gasteiger partial charge in [-0.05, 0) is 73.7 Å². The molecule has 1 aromatic heterocycles. The number of aromatic nitrogens is 1. The van der Waals surface area contributed by atoms with E-state index < -0.39 is 46.1 Å². The van der Waals surface area contributed by atoms with Crippen molar-refractivity contribution < 1.29 is 32.6 Å². The zero-order valence-electron chi connectivity index (χ0n) is 23.7. The van der Waals surface area contributed by atoms with Crippen LogP contribution >= 0.6 is 0 Å². The van der Waals surface area contributed by atoms with Gasteiger partial charge in [0.1, 0.15) is 24.0 Å². The maximum atomic E-state index is 14.3. The molecule has 222 valence electrons. The van der Waals surface area contributed by atoms with Crippen molar-refractivity contribution in [1.29, 1.82) is 0 Å². The number of piperidine rings is 1. The molecule has 3 amide bonds. The maximum Gasteiger partial charge on any atom is 0.244 e. The number of nitrogens with zero attached hydrogens (tertiary/aromatic N) is 2. The Bertz CT molecular complexity index is 1670. The van der Waals surface area contributed by atoms with E-state index in [9.17, 15) is 23.2 Å². The molecule has 7 rings (SSSR count). The van der Waals surface area contributed by atoms with Gasteiger partial charge in [-0.15, -0.1) is 0 Å². The first-order valence-electron chi connectivity index (χ1n) is 14.2.